The predicted octanol–water partition coefficient (Wildman–Crippen LogP) is 1.57. The number of halogens is 1. The van der Waals surface area contributed by atoms with E-state index in [1.165, 1.54) is 6.08 Å². The van der Waals surface area contributed by atoms with Gasteiger partial charge in [-0.2, -0.15) is 9.77 Å². The number of benzene rings is 1. The van der Waals surface area contributed by atoms with Crippen LogP contribution in [0.15, 0.2) is 29.1 Å². The first-order chi connectivity index (χ1) is 19.3. The summed E-state index contributed by atoms with van der Waals surface area (Å²) in [6, 6.07) is 6.71. The van der Waals surface area contributed by atoms with Crippen molar-refractivity contribution in [1.29, 1.82) is 0 Å². The second kappa shape index (κ2) is 13.5. The highest BCUT2D eigenvalue weighted by Crippen LogP contribution is 2.34. The number of carbonyl (C=O) groups excluding carboxylic acids is 4. The molecule has 41 heavy (non-hydrogen) atoms. The normalized spacial score (nSPS) is 22.1. The number of esters is 4. The highest BCUT2D eigenvalue weighted by Gasteiger charge is 2.53. The second-order valence-corrected chi connectivity index (χ2v) is 9.56. The zero-order valence-electron chi connectivity index (χ0n) is 22.3. The number of nitrogens with two attached hydrogens (primary N) is 1. The third-order valence-corrected chi connectivity index (χ3v) is 6.20. The van der Waals surface area contributed by atoms with E-state index in [0.717, 1.165) is 32.4 Å². The summed E-state index contributed by atoms with van der Waals surface area (Å²) in [5, 5.41) is 4.81. The molecule has 0 unspecified atom stereocenters. The number of carbonyl (C=O) groups is 4. The maximum Gasteiger partial charge on any atom is 0.303 e. The van der Waals surface area contributed by atoms with E-state index in [2.05, 4.69) is 5.10 Å². The van der Waals surface area contributed by atoms with Crippen molar-refractivity contribution in [3.63, 3.8) is 0 Å². The van der Waals surface area contributed by atoms with Gasteiger partial charge in [-0.15, -0.1) is 0 Å². The van der Waals surface area contributed by atoms with Crippen LogP contribution < -0.4 is 11.4 Å². The van der Waals surface area contributed by atoms with Gasteiger partial charge in [0, 0.05) is 32.7 Å². The van der Waals surface area contributed by atoms with Crippen LogP contribution in [0.1, 0.15) is 45.2 Å². The van der Waals surface area contributed by atoms with Crippen LogP contribution in [0.3, 0.4) is 0 Å². The Morgan fingerprint density at radius 3 is 2.07 bits per heavy atom. The Bertz CT molecular complexity index is 1470. The fourth-order valence-corrected chi connectivity index (χ4v) is 4.30. The van der Waals surface area contributed by atoms with Gasteiger partial charge in [0.25, 0.3) is 5.56 Å². The maximum atomic E-state index is 12.9. The predicted molar refractivity (Wildman–Crippen MR) is 145 cm³/mol. The van der Waals surface area contributed by atoms with Crippen molar-refractivity contribution in [2.75, 3.05) is 12.4 Å². The van der Waals surface area contributed by atoms with Crippen LogP contribution >= 0.6 is 23.8 Å². The lowest BCUT2D eigenvalue weighted by molar-refractivity contribution is -0.271. The number of hydrogen-bond donors (Lipinski definition) is 1. The Balaban J connectivity index is 2.18. The van der Waals surface area contributed by atoms with Crippen LogP contribution in [0.25, 0.3) is 12.2 Å². The highest BCUT2D eigenvalue weighted by molar-refractivity contribution is 7.71. The van der Waals surface area contributed by atoms with E-state index in [-0.39, 0.29) is 10.5 Å². The quantitative estimate of drug-likeness (QED) is 0.197. The summed E-state index contributed by atoms with van der Waals surface area (Å²) in [4.78, 5) is 60.7. The van der Waals surface area contributed by atoms with Gasteiger partial charge in [0.2, 0.25) is 4.77 Å². The van der Waals surface area contributed by atoms with E-state index in [9.17, 15) is 24.0 Å². The number of ether oxygens (including phenoxy) is 5. The van der Waals surface area contributed by atoms with E-state index in [1.807, 2.05) is 0 Å². The summed E-state index contributed by atoms with van der Waals surface area (Å²) in [6.07, 6.45) is -4.21. The van der Waals surface area contributed by atoms with E-state index >= 15 is 0 Å². The van der Waals surface area contributed by atoms with Crippen molar-refractivity contribution in [2.24, 2.45) is 0 Å². The fraction of sp³-hybridized carbons (Fsp3) is 0.400. The average molecular weight is 611 g/mol. The number of nitrogen functional groups attached to an aromatic ring is 1. The third-order valence-electron chi connectivity index (χ3n) is 5.57. The number of aromatic nitrogens is 3. The van der Waals surface area contributed by atoms with Crippen molar-refractivity contribution in [3.8, 4) is 0 Å². The largest absolute Gasteiger partial charge is 0.463 e. The molecular weight excluding hydrogens is 584 g/mol. The molecule has 0 amide bonds. The van der Waals surface area contributed by atoms with Crippen LogP contribution in [-0.4, -0.2) is 69.4 Å². The molecule has 3 rings (SSSR count). The summed E-state index contributed by atoms with van der Waals surface area (Å²) >= 11 is 11.3. The monoisotopic (exact) mass is 610 g/mol. The molecule has 0 radical (unpaired) electrons. The van der Waals surface area contributed by atoms with E-state index in [0.29, 0.717) is 15.3 Å². The molecule has 1 aromatic carbocycles. The minimum atomic E-state index is -1.51. The lowest BCUT2D eigenvalue weighted by atomic mass is 9.97. The van der Waals surface area contributed by atoms with Gasteiger partial charge in [0.15, 0.2) is 30.2 Å². The standard InChI is InChI=1S/C25H27ClN4O10S/c1-12(31)36-11-19-20(37-13(2)32)21(38-14(3)33)22(39-15(4)34)24(40-19)30-25(41)29(27)23(35)18(28-30)10-7-16-5-8-17(26)9-6-16/h5-10,19-22,24H,11,27H2,1-4H3/b10-7+/t19-,20-,21+,22-,24-/m1/s1. The Hall–Kier alpha value is -4.08. The molecule has 1 aliphatic rings. The molecular formula is C25H27ClN4O10S. The molecule has 1 saturated heterocycles. The van der Waals surface area contributed by atoms with Crippen LogP contribution in [-0.2, 0) is 42.9 Å². The van der Waals surface area contributed by atoms with Gasteiger partial charge >= 0.3 is 23.9 Å². The van der Waals surface area contributed by atoms with Crippen molar-refractivity contribution in [2.45, 2.75) is 58.3 Å². The molecule has 14 nitrogen and oxygen atoms in total. The van der Waals surface area contributed by atoms with Crippen LogP contribution in [0, 0.1) is 4.77 Å². The molecule has 1 aliphatic heterocycles. The Morgan fingerprint density at radius 2 is 1.51 bits per heavy atom. The van der Waals surface area contributed by atoms with Gasteiger partial charge in [-0.25, -0.2) is 4.68 Å². The number of nitrogens with zero attached hydrogens (tertiary/aromatic N) is 3. The summed E-state index contributed by atoms with van der Waals surface area (Å²) in [7, 11) is 0. The van der Waals surface area contributed by atoms with Crippen molar-refractivity contribution in [3.05, 3.63) is 55.7 Å². The lowest BCUT2D eigenvalue weighted by Crippen LogP contribution is -2.61. The first-order valence-corrected chi connectivity index (χ1v) is 12.8. The van der Waals surface area contributed by atoms with Gasteiger partial charge < -0.3 is 29.5 Å². The topological polar surface area (TPSA) is 180 Å². The molecule has 0 saturated carbocycles. The number of rotatable bonds is 8. The molecule has 1 fully saturated rings. The van der Waals surface area contributed by atoms with Crippen molar-refractivity contribution in [1.82, 2.24) is 14.5 Å². The molecule has 220 valence electrons. The highest BCUT2D eigenvalue weighted by atomic mass is 35.5. The molecule has 0 aliphatic carbocycles. The van der Waals surface area contributed by atoms with Gasteiger partial charge in [-0.1, -0.05) is 29.8 Å². The summed E-state index contributed by atoms with van der Waals surface area (Å²) < 4.78 is 28.6. The Kier molecular flexibility index (Phi) is 10.4. The molecule has 0 spiro atoms. The van der Waals surface area contributed by atoms with Gasteiger partial charge in [0.1, 0.15) is 12.7 Å². The van der Waals surface area contributed by atoms with E-state index in [1.54, 1.807) is 30.3 Å². The molecule has 2 aromatic rings. The van der Waals surface area contributed by atoms with E-state index in [4.69, 9.17) is 53.3 Å². The minimum Gasteiger partial charge on any atom is -0.463 e. The van der Waals surface area contributed by atoms with Crippen LogP contribution in [0.2, 0.25) is 5.02 Å². The molecule has 2 N–H and O–H groups in total. The van der Waals surface area contributed by atoms with Crippen LogP contribution in [0.4, 0.5) is 0 Å². The number of hydrogen-bond acceptors (Lipinski definition) is 13. The van der Waals surface area contributed by atoms with Crippen LogP contribution in [0.5, 0.6) is 0 Å². The molecule has 2 heterocycles. The van der Waals surface area contributed by atoms with Gasteiger partial charge in [-0.05, 0) is 36.0 Å². The van der Waals surface area contributed by atoms with E-state index < -0.39 is 66.7 Å². The van der Waals surface area contributed by atoms with Gasteiger partial charge in [-0.3, -0.25) is 24.0 Å². The lowest BCUT2D eigenvalue weighted by Gasteiger charge is -2.44. The van der Waals surface area contributed by atoms with Crippen molar-refractivity contribution < 1.29 is 42.9 Å². The summed E-state index contributed by atoms with van der Waals surface area (Å²) in [6.45, 7) is 3.96. The summed E-state index contributed by atoms with van der Waals surface area (Å²) in [5.74, 6) is 2.86. The Morgan fingerprint density at radius 1 is 0.951 bits per heavy atom. The molecule has 16 heteroatoms. The fourth-order valence-electron chi connectivity index (χ4n) is 3.94. The Labute approximate surface area is 243 Å². The molecule has 0 bridgehead atoms. The second-order valence-electron chi connectivity index (χ2n) is 8.76. The zero-order chi connectivity index (χ0) is 30.4. The average Bonchev–Trinajstić information content (AvgIpc) is 2.88. The third kappa shape index (κ3) is 7.99. The molecule has 5 atom stereocenters. The maximum absolute atomic E-state index is 12.9. The summed E-state index contributed by atoms with van der Waals surface area (Å²) in [5.41, 5.74) is -0.272. The first-order valence-electron chi connectivity index (χ1n) is 12.0. The van der Waals surface area contributed by atoms with Crippen molar-refractivity contribution >= 4 is 59.8 Å². The minimum absolute atomic E-state index is 0.191. The van der Waals surface area contributed by atoms with Gasteiger partial charge in [0.05, 0.1) is 0 Å². The first kappa shape index (κ1) is 31.4. The SMILES string of the molecule is CC(=O)OC[C@H]1O[C@@H](n2nc(/C=C/c3ccc(Cl)cc3)c(=O)n(N)c2=S)[C@H](OC(C)=O)[C@@H](OC(C)=O)[C@@H]1OC(C)=O. The zero-order valence-corrected chi connectivity index (χ0v) is 23.9. The smallest absolute Gasteiger partial charge is 0.303 e. The molecule has 1 aromatic heterocycles.